The third-order valence-electron chi connectivity index (χ3n) is 1.92. The fourth-order valence-electron chi connectivity index (χ4n) is 1.09. The van der Waals surface area contributed by atoms with E-state index in [9.17, 15) is 14.9 Å². The Hall–Kier alpha value is -1.88. The van der Waals surface area contributed by atoms with E-state index in [1.54, 1.807) is 6.20 Å². The summed E-state index contributed by atoms with van der Waals surface area (Å²) in [6.45, 7) is 0.352. The third kappa shape index (κ3) is 6.33. The summed E-state index contributed by atoms with van der Waals surface area (Å²) in [5.74, 6) is -0.325. The molecule has 0 radical (unpaired) electrons. The van der Waals surface area contributed by atoms with Crippen molar-refractivity contribution in [2.75, 3.05) is 12.8 Å². The molecule has 0 aliphatic heterocycles. The maximum atomic E-state index is 10.4. The number of aliphatic carboxylic acids is 1. The van der Waals surface area contributed by atoms with Crippen molar-refractivity contribution < 1.29 is 14.9 Å². The number of guanidine groups is 1. The molecule has 0 saturated carbocycles. The van der Waals surface area contributed by atoms with Crippen molar-refractivity contribution in [3.8, 4) is 0 Å². The van der Waals surface area contributed by atoms with Crippen LogP contribution in [0.2, 0.25) is 0 Å². The zero-order valence-corrected chi connectivity index (χ0v) is 12.2. The highest BCUT2D eigenvalue weighted by Crippen LogP contribution is 2.24. The molecule has 0 aliphatic rings. The van der Waals surface area contributed by atoms with Crippen LogP contribution < -0.4 is 10.6 Å². The summed E-state index contributed by atoms with van der Waals surface area (Å²) in [6.07, 6.45) is 1.72. The van der Waals surface area contributed by atoms with Gasteiger partial charge in [0.05, 0.1) is 13.0 Å². The molecule has 0 bridgehead atoms. The van der Waals surface area contributed by atoms with E-state index in [4.69, 9.17) is 5.11 Å². The summed E-state index contributed by atoms with van der Waals surface area (Å²) in [6, 6.07) is 0. The van der Waals surface area contributed by atoms with E-state index >= 15 is 0 Å². The van der Waals surface area contributed by atoms with Gasteiger partial charge in [-0.25, -0.2) is 15.1 Å². The topological polar surface area (TPSA) is 130 Å². The maximum Gasteiger partial charge on any atom is 0.304 e. The number of carboxylic acids is 1. The van der Waals surface area contributed by atoms with Crippen LogP contribution in [0.15, 0.2) is 15.6 Å². The van der Waals surface area contributed by atoms with Crippen LogP contribution in [0.4, 0.5) is 0 Å². The van der Waals surface area contributed by atoms with Crippen LogP contribution >= 0.6 is 23.1 Å². The molecule has 9 nitrogen and oxygen atoms in total. The van der Waals surface area contributed by atoms with E-state index in [2.05, 4.69) is 20.7 Å². The molecule has 20 heavy (non-hydrogen) atoms. The fourth-order valence-corrected chi connectivity index (χ4v) is 3.05. The number of thiazole rings is 1. The van der Waals surface area contributed by atoms with Crippen LogP contribution in [0.25, 0.3) is 0 Å². The normalized spacial score (nSPS) is 11.2. The Balaban J connectivity index is 2.43. The molecule has 11 heteroatoms. The van der Waals surface area contributed by atoms with Crippen LogP contribution in [0.3, 0.4) is 0 Å². The molecule has 0 unspecified atom stereocenters. The SMILES string of the molecule is CN/C(=N\[N+](=O)[O-])NCc1cnc(SCCC(=O)O)s1. The summed E-state index contributed by atoms with van der Waals surface area (Å²) >= 11 is 2.76. The van der Waals surface area contributed by atoms with E-state index in [1.165, 1.54) is 30.1 Å². The predicted octanol–water partition coefficient (Wildman–Crippen LogP) is 0.567. The Morgan fingerprint density at radius 3 is 3.05 bits per heavy atom. The standard InChI is InChI=1S/C9H13N5O4S2/c1-10-8(13-14(17)18)11-4-6-5-12-9(20-6)19-3-2-7(15)16/h5H,2-4H2,1H3,(H,15,16)(H2,10,11,13). The van der Waals surface area contributed by atoms with Crippen molar-refractivity contribution in [3.05, 3.63) is 21.2 Å². The lowest BCUT2D eigenvalue weighted by molar-refractivity contribution is -0.485. The minimum absolute atomic E-state index is 0.0588. The van der Waals surface area contributed by atoms with Crippen LogP contribution in [-0.4, -0.2) is 39.9 Å². The lowest BCUT2D eigenvalue weighted by Crippen LogP contribution is -2.34. The van der Waals surface area contributed by atoms with Crippen LogP contribution in [0, 0.1) is 10.1 Å². The highest BCUT2D eigenvalue weighted by Gasteiger charge is 2.06. The third-order valence-corrected chi connectivity index (χ3v) is 4.08. The van der Waals surface area contributed by atoms with Crippen LogP contribution in [-0.2, 0) is 11.3 Å². The van der Waals surface area contributed by atoms with Gasteiger partial charge in [0.15, 0.2) is 5.03 Å². The number of hydrazone groups is 1. The molecule has 0 saturated heterocycles. The van der Waals surface area contributed by atoms with Gasteiger partial charge in [0, 0.05) is 23.9 Å². The molecule has 0 fully saturated rings. The smallest absolute Gasteiger partial charge is 0.304 e. The molecule has 1 aromatic rings. The van der Waals surface area contributed by atoms with E-state index in [-0.39, 0.29) is 12.4 Å². The molecule has 0 atom stereocenters. The zero-order chi connectivity index (χ0) is 15.0. The number of nitro groups is 1. The van der Waals surface area contributed by atoms with Gasteiger partial charge in [0.1, 0.15) is 9.44 Å². The number of hydrogen-bond donors (Lipinski definition) is 3. The quantitative estimate of drug-likeness (QED) is 0.219. The Morgan fingerprint density at radius 1 is 1.70 bits per heavy atom. The first-order valence-corrected chi connectivity index (χ1v) is 7.25. The minimum atomic E-state index is -0.842. The number of rotatable bonds is 7. The van der Waals surface area contributed by atoms with E-state index in [0.29, 0.717) is 12.3 Å². The second-order valence-corrected chi connectivity index (χ2v) is 5.83. The number of nitrogens with one attached hydrogen (secondary N) is 2. The molecule has 0 aliphatic carbocycles. The maximum absolute atomic E-state index is 10.4. The predicted molar refractivity (Wildman–Crippen MR) is 75.4 cm³/mol. The number of thioether (sulfide) groups is 1. The average Bonchev–Trinajstić information content (AvgIpc) is 2.81. The van der Waals surface area contributed by atoms with Gasteiger partial charge in [-0.15, -0.1) is 11.3 Å². The summed E-state index contributed by atoms with van der Waals surface area (Å²) < 4.78 is 0.764. The molecule has 1 heterocycles. The van der Waals surface area contributed by atoms with E-state index < -0.39 is 11.0 Å². The highest BCUT2D eigenvalue weighted by atomic mass is 32.2. The Morgan fingerprint density at radius 2 is 2.45 bits per heavy atom. The highest BCUT2D eigenvalue weighted by molar-refractivity contribution is 8.01. The molecular formula is C9H13N5O4S2. The molecule has 0 aromatic carbocycles. The Labute approximate surface area is 122 Å². The number of hydrogen-bond acceptors (Lipinski definition) is 6. The summed E-state index contributed by atoms with van der Waals surface area (Å²) in [4.78, 5) is 25.6. The molecule has 0 spiro atoms. The van der Waals surface area contributed by atoms with Crippen molar-refractivity contribution in [1.29, 1.82) is 0 Å². The van der Waals surface area contributed by atoms with Gasteiger partial charge in [0.25, 0.3) is 5.96 Å². The number of nitrogens with zero attached hydrogens (tertiary/aromatic N) is 3. The van der Waals surface area contributed by atoms with Crippen molar-refractivity contribution in [2.45, 2.75) is 17.3 Å². The molecule has 1 rings (SSSR count). The molecule has 1 aromatic heterocycles. The summed E-state index contributed by atoms with van der Waals surface area (Å²) in [7, 11) is 1.52. The monoisotopic (exact) mass is 319 g/mol. The first-order chi connectivity index (χ1) is 9.51. The van der Waals surface area contributed by atoms with Gasteiger partial charge < -0.3 is 15.7 Å². The van der Waals surface area contributed by atoms with Gasteiger partial charge in [-0.05, 0) is 0 Å². The van der Waals surface area contributed by atoms with Gasteiger partial charge >= 0.3 is 5.97 Å². The lowest BCUT2D eigenvalue weighted by atomic mass is 10.5. The number of carboxylic acid groups (broad SMARTS) is 1. The molecule has 3 N–H and O–H groups in total. The molecular weight excluding hydrogens is 306 g/mol. The Bertz CT molecular complexity index is 504. The second-order valence-electron chi connectivity index (χ2n) is 3.37. The van der Waals surface area contributed by atoms with Gasteiger partial charge in [-0.2, -0.15) is 0 Å². The minimum Gasteiger partial charge on any atom is -0.481 e. The van der Waals surface area contributed by atoms with Gasteiger partial charge in [-0.3, -0.25) is 4.79 Å². The molecule has 110 valence electrons. The zero-order valence-electron chi connectivity index (χ0n) is 10.5. The van der Waals surface area contributed by atoms with Crippen LogP contribution in [0.5, 0.6) is 0 Å². The van der Waals surface area contributed by atoms with Crippen LogP contribution in [0.1, 0.15) is 11.3 Å². The molecule has 0 amide bonds. The first kappa shape index (κ1) is 16.2. The summed E-state index contributed by atoms with van der Waals surface area (Å²) in [5, 5.41) is 26.4. The fraction of sp³-hybridized carbons (Fsp3) is 0.444. The van der Waals surface area contributed by atoms with Crippen molar-refractivity contribution in [2.24, 2.45) is 5.10 Å². The second kappa shape index (κ2) is 8.32. The first-order valence-electron chi connectivity index (χ1n) is 5.45. The van der Waals surface area contributed by atoms with E-state index in [1.807, 2.05) is 0 Å². The van der Waals surface area contributed by atoms with Gasteiger partial charge in [-0.1, -0.05) is 11.8 Å². The van der Waals surface area contributed by atoms with Crippen molar-refractivity contribution in [3.63, 3.8) is 0 Å². The lowest BCUT2D eigenvalue weighted by Gasteiger charge is -2.03. The summed E-state index contributed by atoms with van der Waals surface area (Å²) in [5.41, 5.74) is 0. The van der Waals surface area contributed by atoms with E-state index in [0.717, 1.165) is 9.22 Å². The van der Waals surface area contributed by atoms with Crippen molar-refractivity contribution in [1.82, 2.24) is 15.6 Å². The van der Waals surface area contributed by atoms with Crippen molar-refractivity contribution >= 4 is 35.0 Å². The van der Waals surface area contributed by atoms with Gasteiger partial charge in [0.2, 0.25) is 0 Å². The number of aromatic nitrogens is 1. The average molecular weight is 319 g/mol. The Kier molecular flexibility index (Phi) is 6.73. The number of carbonyl (C=O) groups is 1. The largest absolute Gasteiger partial charge is 0.481 e.